The van der Waals surface area contributed by atoms with Crippen molar-refractivity contribution in [1.82, 2.24) is 24.2 Å². The highest BCUT2D eigenvalue weighted by molar-refractivity contribution is 5.93. The largest absolute Gasteiger partial charge is 0.497 e. The molecular formula is C25H25N5O2. The minimum absolute atomic E-state index is 0.0291. The zero-order chi connectivity index (χ0) is 21.9. The van der Waals surface area contributed by atoms with E-state index < -0.39 is 0 Å². The van der Waals surface area contributed by atoms with E-state index in [1.807, 2.05) is 82.8 Å². The molecule has 1 aliphatic heterocycles. The Labute approximate surface area is 186 Å². The Morgan fingerprint density at radius 2 is 1.78 bits per heavy atom. The topological polar surface area (TPSA) is 65.2 Å². The number of para-hydroxylation sites is 1. The lowest BCUT2D eigenvalue weighted by Crippen LogP contribution is -2.39. The number of hydrogen-bond acceptors (Lipinski definition) is 4. The second-order valence-electron chi connectivity index (χ2n) is 7.92. The number of rotatable bonds is 5. The van der Waals surface area contributed by atoms with E-state index in [1.165, 1.54) is 0 Å². The van der Waals surface area contributed by atoms with E-state index >= 15 is 0 Å². The minimum Gasteiger partial charge on any atom is -0.497 e. The number of hydrogen-bond donors (Lipinski definition) is 0. The van der Waals surface area contributed by atoms with E-state index in [2.05, 4.69) is 9.55 Å². The minimum atomic E-state index is -0.0291. The van der Waals surface area contributed by atoms with Gasteiger partial charge in [-0.1, -0.05) is 18.2 Å². The van der Waals surface area contributed by atoms with Gasteiger partial charge in [0.25, 0.3) is 5.91 Å². The van der Waals surface area contributed by atoms with Gasteiger partial charge >= 0.3 is 0 Å². The molecule has 2 aromatic carbocycles. The fourth-order valence-electron chi connectivity index (χ4n) is 4.23. The SMILES string of the molecule is COc1ccc(-c2cc(C(=O)N3CCC(n4ccnc4)CC3)nn2-c2ccccc2)cc1. The number of carbonyl (C=O) groups excluding carboxylic acids is 1. The molecule has 7 heteroatoms. The van der Waals surface area contributed by atoms with Crippen molar-refractivity contribution in [3.63, 3.8) is 0 Å². The number of imidazole rings is 1. The van der Waals surface area contributed by atoms with Crippen LogP contribution in [0.4, 0.5) is 0 Å². The maximum Gasteiger partial charge on any atom is 0.274 e. The average Bonchev–Trinajstić information content (AvgIpc) is 3.55. The number of benzene rings is 2. The van der Waals surface area contributed by atoms with Crippen LogP contribution in [-0.4, -0.2) is 50.3 Å². The number of amides is 1. The monoisotopic (exact) mass is 427 g/mol. The average molecular weight is 428 g/mol. The summed E-state index contributed by atoms with van der Waals surface area (Å²) in [4.78, 5) is 19.4. The highest BCUT2D eigenvalue weighted by atomic mass is 16.5. The summed E-state index contributed by atoms with van der Waals surface area (Å²) >= 11 is 0. The molecule has 0 N–H and O–H groups in total. The summed E-state index contributed by atoms with van der Waals surface area (Å²) in [6.45, 7) is 1.41. The van der Waals surface area contributed by atoms with Crippen molar-refractivity contribution in [1.29, 1.82) is 0 Å². The van der Waals surface area contributed by atoms with Gasteiger partial charge in [-0.25, -0.2) is 9.67 Å². The van der Waals surface area contributed by atoms with Crippen LogP contribution in [0.3, 0.4) is 0 Å². The van der Waals surface area contributed by atoms with Crippen molar-refractivity contribution >= 4 is 5.91 Å². The summed E-state index contributed by atoms with van der Waals surface area (Å²) in [5, 5.41) is 4.72. The number of carbonyl (C=O) groups is 1. The molecule has 1 fully saturated rings. The van der Waals surface area contributed by atoms with Gasteiger partial charge in [0.15, 0.2) is 5.69 Å². The van der Waals surface area contributed by atoms with Crippen LogP contribution in [0.25, 0.3) is 16.9 Å². The van der Waals surface area contributed by atoms with Crippen molar-refractivity contribution < 1.29 is 9.53 Å². The Balaban J connectivity index is 1.42. The van der Waals surface area contributed by atoms with E-state index in [-0.39, 0.29) is 5.91 Å². The normalized spacial score (nSPS) is 14.5. The smallest absolute Gasteiger partial charge is 0.274 e. The van der Waals surface area contributed by atoms with Crippen LogP contribution in [0.5, 0.6) is 5.75 Å². The molecule has 162 valence electrons. The van der Waals surface area contributed by atoms with Gasteiger partial charge in [-0.15, -0.1) is 0 Å². The standard InChI is InChI=1S/C25H25N5O2/c1-32-22-9-7-19(8-10-22)24-17-23(27-30(24)21-5-3-2-4-6-21)25(31)28-14-11-20(12-15-28)29-16-13-26-18-29/h2-10,13,16-18,20H,11-12,14-15H2,1H3. The second kappa shape index (κ2) is 8.70. The highest BCUT2D eigenvalue weighted by Gasteiger charge is 2.27. The third-order valence-electron chi connectivity index (χ3n) is 6.01. The van der Waals surface area contributed by atoms with E-state index in [0.717, 1.165) is 35.5 Å². The number of likely N-dealkylation sites (tertiary alicyclic amines) is 1. The summed E-state index contributed by atoms with van der Waals surface area (Å²) in [6.07, 6.45) is 7.46. The summed E-state index contributed by atoms with van der Waals surface area (Å²) in [7, 11) is 1.65. The summed E-state index contributed by atoms with van der Waals surface area (Å²) in [5.41, 5.74) is 3.22. The Hall–Kier alpha value is -3.87. The first-order valence-electron chi connectivity index (χ1n) is 10.8. The first kappa shape index (κ1) is 20.1. The molecule has 1 aliphatic rings. The number of ether oxygens (including phenoxy) is 1. The van der Waals surface area contributed by atoms with Gasteiger partial charge in [-0.2, -0.15) is 5.10 Å². The lowest BCUT2D eigenvalue weighted by atomic mass is 10.0. The molecule has 4 aromatic rings. The third-order valence-corrected chi connectivity index (χ3v) is 6.01. The molecule has 0 spiro atoms. The molecule has 0 aliphatic carbocycles. The van der Waals surface area contributed by atoms with Gasteiger partial charge < -0.3 is 14.2 Å². The molecular weight excluding hydrogens is 402 g/mol. The lowest BCUT2D eigenvalue weighted by Gasteiger charge is -2.32. The molecule has 0 radical (unpaired) electrons. The van der Waals surface area contributed by atoms with Crippen LogP contribution in [0.2, 0.25) is 0 Å². The molecule has 5 rings (SSSR count). The molecule has 7 nitrogen and oxygen atoms in total. The van der Waals surface area contributed by atoms with Crippen LogP contribution in [-0.2, 0) is 0 Å². The Bertz CT molecular complexity index is 1180. The van der Waals surface area contributed by atoms with Crippen molar-refractivity contribution in [2.24, 2.45) is 0 Å². The van der Waals surface area contributed by atoms with Gasteiger partial charge in [0.1, 0.15) is 5.75 Å². The molecule has 32 heavy (non-hydrogen) atoms. The van der Waals surface area contributed by atoms with Gasteiger partial charge in [0.2, 0.25) is 0 Å². The zero-order valence-corrected chi connectivity index (χ0v) is 18.0. The fourth-order valence-corrected chi connectivity index (χ4v) is 4.23. The Morgan fingerprint density at radius 1 is 1.03 bits per heavy atom. The number of piperidine rings is 1. The maximum atomic E-state index is 13.3. The van der Waals surface area contributed by atoms with Gasteiger partial charge in [-0.3, -0.25) is 4.79 Å². The van der Waals surface area contributed by atoms with Crippen LogP contribution >= 0.6 is 0 Å². The molecule has 1 saturated heterocycles. The number of aromatic nitrogens is 4. The van der Waals surface area contributed by atoms with Gasteiger partial charge in [0.05, 0.1) is 24.8 Å². The van der Waals surface area contributed by atoms with Crippen LogP contribution < -0.4 is 4.74 Å². The van der Waals surface area contributed by atoms with Gasteiger partial charge in [-0.05, 0) is 55.3 Å². The molecule has 0 atom stereocenters. The third kappa shape index (κ3) is 3.89. The zero-order valence-electron chi connectivity index (χ0n) is 18.0. The van der Waals surface area contributed by atoms with E-state index in [0.29, 0.717) is 24.8 Å². The molecule has 2 aromatic heterocycles. The van der Waals surface area contributed by atoms with Crippen molar-refractivity contribution in [3.8, 4) is 22.7 Å². The predicted octanol–water partition coefficient (Wildman–Crippen LogP) is 4.22. The van der Waals surface area contributed by atoms with Crippen LogP contribution in [0.1, 0.15) is 29.4 Å². The van der Waals surface area contributed by atoms with Crippen molar-refractivity contribution in [2.45, 2.75) is 18.9 Å². The van der Waals surface area contributed by atoms with Crippen LogP contribution in [0.15, 0.2) is 79.4 Å². The molecule has 1 amide bonds. The molecule has 0 unspecified atom stereocenters. The molecule has 0 saturated carbocycles. The molecule has 3 heterocycles. The molecule has 0 bridgehead atoms. The highest BCUT2D eigenvalue weighted by Crippen LogP contribution is 2.28. The second-order valence-corrected chi connectivity index (χ2v) is 7.92. The Morgan fingerprint density at radius 3 is 2.44 bits per heavy atom. The number of nitrogens with zero attached hydrogens (tertiary/aromatic N) is 5. The quantitative estimate of drug-likeness (QED) is 0.478. The van der Waals surface area contributed by atoms with E-state index in [9.17, 15) is 4.79 Å². The van der Waals surface area contributed by atoms with E-state index in [4.69, 9.17) is 9.84 Å². The fraction of sp³-hybridized carbons (Fsp3) is 0.240. The van der Waals surface area contributed by atoms with Crippen molar-refractivity contribution in [2.75, 3.05) is 20.2 Å². The summed E-state index contributed by atoms with van der Waals surface area (Å²) < 4.78 is 9.26. The first-order valence-corrected chi connectivity index (χ1v) is 10.8. The predicted molar refractivity (Wildman–Crippen MR) is 122 cm³/mol. The van der Waals surface area contributed by atoms with Crippen molar-refractivity contribution in [3.05, 3.63) is 85.1 Å². The maximum absolute atomic E-state index is 13.3. The van der Waals surface area contributed by atoms with E-state index in [1.54, 1.807) is 13.3 Å². The Kier molecular flexibility index (Phi) is 5.46. The van der Waals surface area contributed by atoms with Crippen LogP contribution in [0, 0.1) is 0 Å². The number of methoxy groups -OCH3 is 1. The first-order chi connectivity index (χ1) is 15.7. The summed E-state index contributed by atoms with van der Waals surface area (Å²) in [5.74, 6) is 0.759. The lowest BCUT2D eigenvalue weighted by molar-refractivity contribution is 0.0688. The summed E-state index contributed by atoms with van der Waals surface area (Å²) in [6, 6.07) is 20.0. The van der Waals surface area contributed by atoms with Gasteiger partial charge in [0, 0.05) is 37.1 Å².